The third kappa shape index (κ3) is 2.63. The largest absolute Gasteiger partial charge is 0.493 e. The second-order valence-electron chi connectivity index (χ2n) is 4.02. The summed E-state index contributed by atoms with van der Waals surface area (Å²) in [6.07, 6.45) is 0. The number of methoxy groups -OCH3 is 1. The number of aryl methyl sites for hydroxylation is 1. The maximum Gasteiger partial charge on any atom is 0.174 e. The molecule has 0 aromatic heterocycles. The lowest BCUT2D eigenvalue weighted by Gasteiger charge is -2.13. The molecule has 0 aliphatic heterocycles. The van der Waals surface area contributed by atoms with Crippen molar-refractivity contribution in [2.45, 2.75) is 13.5 Å². The Morgan fingerprint density at radius 1 is 1.06 bits per heavy atom. The van der Waals surface area contributed by atoms with Gasteiger partial charge in [0.2, 0.25) is 0 Å². The normalized spacial score (nSPS) is 10.2. The Hall–Kier alpha value is -2.00. The number of aliphatic hydroxyl groups excluding tert-OH is 1. The average molecular weight is 244 g/mol. The van der Waals surface area contributed by atoms with Gasteiger partial charge in [-0.05, 0) is 25.1 Å². The summed E-state index contributed by atoms with van der Waals surface area (Å²) in [6, 6.07) is 13.2. The maximum absolute atomic E-state index is 9.32. The molecule has 2 rings (SSSR count). The third-order valence-corrected chi connectivity index (χ3v) is 2.69. The molecule has 18 heavy (non-hydrogen) atoms. The van der Waals surface area contributed by atoms with E-state index in [4.69, 9.17) is 9.47 Å². The quantitative estimate of drug-likeness (QED) is 0.897. The van der Waals surface area contributed by atoms with E-state index in [-0.39, 0.29) is 6.61 Å². The fourth-order valence-electron chi connectivity index (χ4n) is 1.69. The predicted molar refractivity (Wildman–Crippen MR) is 70.2 cm³/mol. The molecule has 1 N–H and O–H groups in total. The zero-order valence-corrected chi connectivity index (χ0v) is 10.5. The van der Waals surface area contributed by atoms with Gasteiger partial charge in [-0.25, -0.2) is 0 Å². The van der Waals surface area contributed by atoms with E-state index < -0.39 is 0 Å². The van der Waals surface area contributed by atoms with E-state index in [9.17, 15) is 5.11 Å². The number of rotatable bonds is 4. The van der Waals surface area contributed by atoms with Crippen LogP contribution in [0.1, 0.15) is 11.1 Å². The Morgan fingerprint density at radius 2 is 1.78 bits per heavy atom. The molecule has 0 heterocycles. The van der Waals surface area contributed by atoms with Crippen LogP contribution in [0.4, 0.5) is 0 Å². The van der Waals surface area contributed by atoms with Crippen LogP contribution >= 0.6 is 0 Å². The summed E-state index contributed by atoms with van der Waals surface area (Å²) in [5.74, 6) is 1.90. The minimum Gasteiger partial charge on any atom is -0.493 e. The Kier molecular flexibility index (Phi) is 3.85. The van der Waals surface area contributed by atoms with Crippen molar-refractivity contribution in [3.05, 3.63) is 53.6 Å². The summed E-state index contributed by atoms with van der Waals surface area (Å²) < 4.78 is 11.0. The average Bonchev–Trinajstić information content (AvgIpc) is 2.41. The molecule has 0 spiro atoms. The van der Waals surface area contributed by atoms with Gasteiger partial charge in [0.1, 0.15) is 5.75 Å². The first-order valence-electron chi connectivity index (χ1n) is 5.76. The second kappa shape index (κ2) is 5.56. The van der Waals surface area contributed by atoms with Crippen LogP contribution < -0.4 is 9.47 Å². The summed E-state index contributed by atoms with van der Waals surface area (Å²) >= 11 is 0. The molecule has 0 saturated carbocycles. The number of para-hydroxylation sites is 1. The van der Waals surface area contributed by atoms with Crippen LogP contribution in [0.25, 0.3) is 0 Å². The summed E-state index contributed by atoms with van der Waals surface area (Å²) in [5.41, 5.74) is 1.87. The highest BCUT2D eigenvalue weighted by molar-refractivity contribution is 5.48. The Balaban J connectivity index is 2.35. The van der Waals surface area contributed by atoms with E-state index in [1.807, 2.05) is 49.4 Å². The number of ether oxygens (including phenoxy) is 2. The van der Waals surface area contributed by atoms with Crippen LogP contribution in [0.5, 0.6) is 17.2 Å². The van der Waals surface area contributed by atoms with Crippen LogP contribution in [-0.4, -0.2) is 12.2 Å². The van der Waals surface area contributed by atoms with E-state index in [0.717, 1.165) is 5.75 Å². The van der Waals surface area contributed by atoms with Crippen molar-refractivity contribution < 1.29 is 14.6 Å². The van der Waals surface area contributed by atoms with Crippen molar-refractivity contribution in [3.63, 3.8) is 0 Å². The molecule has 0 unspecified atom stereocenters. The Labute approximate surface area is 107 Å². The van der Waals surface area contributed by atoms with E-state index in [1.54, 1.807) is 7.11 Å². The molecule has 3 heteroatoms. The minimum atomic E-state index is -0.0849. The van der Waals surface area contributed by atoms with E-state index in [2.05, 4.69) is 0 Å². The van der Waals surface area contributed by atoms with Crippen LogP contribution in [0.15, 0.2) is 42.5 Å². The van der Waals surface area contributed by atoms with Gasteiger partial charge in [0.15, 0.2) is 11.5 Å². The van der Waals surface area contributed by atoms with Crippen molar-refractivity contribution in [1.29, 1.82) is 0 Å². The molecular formula is C15H16O3. The number of benzene rings is 2. The molecule has 0 aliphatic rings. The number of aliphatic hydroxyl groups is 1. The topological polar surface area (TPSA) is 38.7 Å². The lowest BCUT2D eigenvalue weighted by molar-refractivity contribution is 0.274. The smallest absolute Gasteiger partial charge is 0.174 e. The summed E-state index contributed by atoms with van der Waals surface area (Å²) in [6.45, 7) is 1.93. The fourth-order valence-corrected chi connectivity index (χ4v) is 1.69. The van der Waals surface area contributed by atoms with Gasteiger partial charge in [-0.2, -0.15) is 0 Å². The molecule has 2 aromatic carbocycles. The first-order chi connectivity index (χ1) is 8.74. The first kappa shape index (κ1) is 12.5. The Bertz CT molecular complexity index is 496. The van der Waals surface area contributed by atoms with Crippen molar-refractivity contribution in [2.24, 2.45) is 0 Å². The number of hydrogen-bond donors (Lipinski definition) is 1. The zero-order chi connectivity index (χ0) is 13.0. The summed E-state index contributed by atoms with van der Waals surface area (Å²) in [7, 11) is 1.58. The van der Waals surface area contributed by atoms with Crippen LogP contribution in [0.3, 0.4) is 0 Å². The van der Waals surface area contributed by atoms with Crippen molar-refractivity contribution in [2.75, 3.05) is 7.11 Å². The van der Waals surface area contributed by atoms with Crippen LogP contribution in [-0.2, 0) is 6.61 Å². The van der Waals surface area contributed by atoms with Crippen molar-refractivity contribution in [3.8, 4) is 17.2 Å². The Morgan fingerprint density at radius 3 is 2.39 bits per heavy atom. The molecule has 0 amide bonds. The van der Waals surface area contributed by atoms with Crippen LogP contribution in [0.2, 0.25) is 0 Å². The van der Waals surface area contributed by atoms with Gasteiger partial charge in [-0.15, -0.1) is 0 Å². The lowest BCUT2D eigenvalue weighted by atomic mass is 10.2. The first-order valence-corrected chi connectivity index (χ1v) is 5.76. The molecule has 3 nitrogen and oxygen atoms in total. The highest BCUT2D eigenvalue weighted by Crippen LogP contribution is 2.35. The zero-order valence-electron chi connectivity index (χ0n) is 10.5. The van der Waals surface area contributed by atoms with Gasteiger partial charge in [-0.1, -0.05) is 29.8 Å². The van der Waals surface area contributed by atoms with Gasteiger partial charge in [-0.3, -0.25) is 0 Å². The molecule has 94 valence electrons. The van der Waals surface area contributed by atoms with E-state index in [1.165, 1.54) is 5.56 Å². The molecular weight excluding hydrogens is 228 g/mol. The van der Waals surface area contributed by atoms with Gasteiger partial charge < -0.3 is 14.6 Å². The van der Waals surface area contributed by atoms with Gasteiger partial charge in [0.05, 0.1) is 13.7 Å². The van der Waals surface area contributed by atoms with E-state index in [0.29, 0.717) is 17.1 Å². The standard InChI is InChI=1S/C15H16O3/c1-11-6-8-13(9-7-11)18-15-12(10-16)4-3-5-14(15)17-2/h3-9,16H,10H2,1-2H3. The molecule has 0 atom stereocenters. The molecule has 0 fully saturated rings. The van der Waals surface area contributed by atoms with Crippen molar-refractivity contribution >= 4 is 0 Å². The molecule has 0 aliphatic carbocycles. The summed E-state index contributed by atoms with van der Waals surface area (Å²) in [5, 5.41) is 9.32. The van der Waals surface area contributed by atoms with E-state index >= 15 is 0 Å². The van der Waals surface area contributed by atoms with Gasteiger partial charge >= 0.3 is 0 Å². The third-order valence-electron chi connectivity index (χ3n) is 2.69. The van der Waals surface area contributed by atoms with Crippen LogP contribution in [0, 0.1) is 6.92 Å². The highest BCUT2D eigenvalue weighted by Gasteiger charge is 2.10. The number of hydrogen-bond acceptors (Lipinski definition) is 3. The molecule has 0 saturated heterocycles. The highest BCUT2D eigenvalue weighted by atomic mass is 16.5. The fraction of sp³-hybridized carbons (Fsp3) is 0.200. The molecule has 2 aromatic rings. The monoisotopic (exact) mass is 244 g/mol. The molecule has 0 bridgehead atoms. The predicted octanol–water partition coefficient (Wildman–Crippen LogP) is 3.29. The van der Waals surface area contributed by atoms with Gasteiger partial charge in [0, 0.05) is 5.56 Å². The summed E-state index contributed by atoms with van der Waals surface area (Å²) in [4.78, 5) is 0. The lowest BCUT2D eigenvalue weighted by Crippen LogP contribution is -1.95. The van der Waals surface area contributed by atoms with Crippen molar-refractivity contribution in [1.82, 2.24) is 0 Å². The SMILES string of the molecule is COc1cccc(CO)c1Oc1ccc(C)cc1. The van der Waals surface area contributed by atoms with Gasteiger partial charge in [0.25, 0.3) is 0 Å². The second-order valence-corrected chi connectivity index (χ2v) is 4.02. The minimum absolute atomic E-state index is 0.0849. The molecule has 0 radical (unpaired) electrons. The maximum atomic E-state index is 9.32.